The van der Waals surface area contributed by atoms with Crippen LogP contribution in [0.1, 0.15) is 24.0 Å². The van der Waals surface area contributed by atoms with Crippen LogP contribution in [0, 0.1) is 6.92 Å². The first kappa shape index (κ1) is 9.66. The van der Waals surface area contributed by atoms with Crippen LogP contribution in [0.25, 0.3) is 0 Å². The van der Waals surface area contributed by atoms with Gasteiger partial charge in [-0.3, -0.25) is 0 Å². The minimum atomic E-state index is -0.886. The van der Waals surface area contributed by atoms with Crippen molar-refractivity contribution < 1.29 is 4.39 Å². The predicted octanol–water partition coefficient (Wildman–Crippen LogP) is 2.37. The fourth-order valence-electron chi connectivity index (χ4n) is 1.69. The first-order valence-corrected chi connectivity index (χ1v) is 5.09. The molecule has 2 heteroatoms. The van der Waals surface area contributed by atoms with E-state index in [1.165, 1.54) is 0 Å². The molecule has 1 atom stereocenters. The molecule has 0 amide bonds. The number of rotatable bonds is 3. The molecule has 1 aliphatic carbocycles. The molecule has 14 heavy (non-hydrogen) atoms. The van der Waals surface area contributed by atoms with E-state index in [4.69, 9.17) is 5.73 Å². The second-order valence-corrected chi connectivity index (χ2v) is 4.33. The maximum absolute atomic E-state index is 13.7. The maximum Gasteiger partial charge on any atom is 0.122 e. The van der Waals surface area contributed by atoms with Crippen LogP contribution in [0.4, 0.5) is 4.39 Å². The lowest BCUT2D eigenvalue weighted by Crippen LogP contribution is -2.35. The number of nitrogens with two attached hydrogens (primary N) is 1. The lowest BCUT2D eigenvalue weighted by atomic mass is 9.99. The SMILES string of the molecule is Cc1ccccc1CC(F)C1(N)CC1. The predicted molar refractivity (Wildman–Crippen MR) is 55.9 cm³/mol. The van der Waals surface area contributed by atoms with Crippen LogP contribution in [0.3, 0.4) is 0 Å². The Bertz CT molecular complexity index is 331. The summed E-state index contributed by atoms with van der Waals surface area (Å²) in [7, 11) is 0. The summed E-state index contributed by atoms with van der Waals surface area (Å²) in [6.45, 7) is 2.01. The maximum atomic E-state index is 13.7. The van der Waals surface area contributed by atoms with Crippen LogP contribution in [-0.2, 0) is 6.42 Å². The molecule has 0 saturated heterocycles. The molecule has 76 valence electrons. The molecule has 1 aromatic carbocycles. The van der Waals surface area contributed by atoms with E-state index in [1.54, 1.807) is 0 Å². The van der Waals surface area contributed by atoms with Gasteiger partial charge in [0.05, 0.1) is 0 Å². The Morgan fingerprint density at radius 2 is 2.07 bits per heavy atom. The molecule has 1 fully saturated rings. The summed E-state index contributed by atoms with van der Waals surface area (Å²) in [5, 5.41) is 0. The molecule has 1 aliphatic rings. The standard InChI is InChI=1S/C12H16FN/c1-9-4-2-3-5-10(9)8-11(13)12(14)6-7-12/h2-5,11H,6-8,14H2,1H3. The Morgan fingerprint density at radius 3 is 2.64 bits per heavy atom. The number of halogens is 1. The molecule has 1 saturated carbocycles. The van der Waals surface area contributed by atoms with E-state index in [0.717, 1.165) is 24.0 Å². The van der Waals surface area contributed by atoms with Crippen molar-refractivity contribution in [1.29, 1.82) is 0 Å². The van der Waals surface area contributed by atoms with Gasteiger partial charge in [-0.05, 0) is 30.9 Å². The van der Waals surface area contributed by atoms with Crippen LogP contribution < -0.4 is 5.73 Å². The van der Waals surface area contributed by atoms with Gasteiger partial charge in [-0.25, -0.2) is 4.39 Å². The highest BCUT2D eigenvalue weighted by Crippen LogP contribution is 2.38. The monoisotopic (exact) mass is 193 g/mol. The largest absolute Gasteiger partial charge is 0.323 e. The molecule has 2 rings (SSSR count). The van der Waals surface area contributed by atoms with Crippen LogP contribution in [-0.4, -0.2) is 11.7 Å². The van der Waals surface area contributed by atoms with Crippen molar-refractivity contribution >= 4 is 0 Å². The van der Waals surface area contributed by atoms with Crippen molar-refractivity contribution in [2.75, 3.05) is 0 Å². The zero-order valence-electron chi connectivity index (χ0n) is 8.46. The van der Waals surface area contributed by atoms with Gasteiger partial charge in [0.1, 0.15) is 6.17 Å². The van der Waals surface area contributed by atoms with E-state index in [-0.39, 0.29) is 0 Å². The zero-order valence-corrected chi connectivity index (χ0v) is 8.46. The third-order valence-electron chi connectivity index (χ3n) is 3.11. The summed E-state index contributed by atoms with van der Waals surface area (Å²) in [5.41, 5.74) is 7.53. The van der Waals surface area contributed by atoms with Crippen molar-refractivity contribution in [3.05, 3.63) is 35.4 Å². The Labute approximate surface area is 84.1 Å². The summed E-state index contributed by atoms with van der Waals surface area (Å²) in [4.78, 5) is 0. The molecule has 1 aromatic rings. The van der Waals surface area contributed by atoms with Gasteiger partial charge in [-0.1, -0.05) is 24.3 Å². The Morgan fingerprint density at radius 1 is 1.43 bits per heavy atom. The van der Waals surface area contributed by atoms with Crippen LogP contribution in [0.15, 0.2) is 24.3 Å². The fourth-order valence-corrected chi connectivity index (χ4v) is 1.69. The topological polar surface area (TPSA) is 26.0 Å². The lowest BCUT2D eigenvalue weighted by Gasteiger charge is -2.16. The quantitative estimate of drug-likeness (QED) is 0.783. The second-order valence-electron chi connectivity index (χ2n) is 4.33. The zero-order chi connectivity index (χ0) is 10.2. The molecule has 0 aliphatic heterocycles. The van der Waals surface area contributed by atoms with Gasteiger partial charge in [0.15, 0.2) is 0 Å². The average molecular weight is 193 g/mol. The summed E-state index contributed by atoms with van der Waals surface area (Å²) in [5.74, 6) is 0. The van der Waals surface area contributed by atoms with Gasteiger partial charge >= 0.3 is 0 Å². The summed E-state index contributed by atoms with van der Waals surface area (Å²) < 4.78 is 13.7. The lowest BCUT2D eigenvalue weighted by molar-refractivity contribution is 0.266. The van der Waals surface area contributed by atoms with Crippen molar-refractivity contribution in [3.8, 4) is 0 Å². The smallest absolute Gasteiger partial charge is 0.122 e. The summed E-state index contributed by atoms with van der Waals surface area (Å²) in [6, 6.07) is 7.92. The third kappa shape index (κ3) is 1.80. The van der Waals surface area contributed by atoms with E-state index in [2.05, 4.69) is 0 Å². The fraction of sp³-hybridized carbons (Fsp3) is 0.500. The van der Waals surface area contributed by atoms with Crippen LogP contribution >= 0.6 is 0 Å². The molecule has 1 nitrogen and oxygen atoms in total. The summed E-state index contributed by atoms with van der Waals surface area (Å²) >= 11 is 0. The van der Waals surface area contributed by atoms with Crippen molar-refractivity contribution in [3.63, 3.8) is 0 Å². The third-order valence-corrected chi connectivity index (χ3v) is 3.11. The molecule has 0 bridgehead atoms. The first-order chi connectivity index (χ1) is 6.62. The molecular weight excluding hydrogens is 177 g/mol. The highest BCUT2D eigenvalue weighted by atomic mass is 19.1. The second kappa shape index (κ2) is 3.35. The van der Waals surface area contributed by atoms with Gasteiger partial charge < -0.3 is 5.73 Å². The number of benzene rings is 1. The molecule has 2 N–H and O–H groups in total. The Hall–Kier alpha value is -0.890. The molecule has 0 heterocycles. The van der Waals surface area contributed by atoms with Gasteiger partial charge in [0.25, 0.3) is 0 Å². The average Bonchev–Trinajstić information content (AvgIpc) is 2.89. The number of alkyl halides is 1. The van der Waals surface area contributed by atoms with E-state index in [9.17, 15) is 4.39 Å². The van der Waals surface area contributed by atoms with Gasteiger partial charge in [-0.2, -0.15) is 0 Å². The molecule has 1 unspecified atom stereocenters. The Kier molecular flexibility index (Phi) is 2.31. The number of hydrogen-bond acceptors (Lipinski definition) is 1. The van der Waals surface area contributed by atoms with E-state index in [0.29, 0.717) is 6.42 Å². The van der Waals surface area contributed by atoms with Gasteiger partial charge in [0.2, 0.25) is 0 Å². The van der Waals surface area contributed by atoms with Crippen LogP contribution in [0.5, 0.6) is 0 Å². The highest BCUT2D eigenvalue weighted by molar-refractivity contribution is 5.27. The van der Waals surface area contributed by atoms with E-state index >= 15 is 0 Å². The normalized spacial score (nSPS) is 20.5. The molecule has 0 aromatic heterocycles. The number of hydrogen-bond donors (Lipinski definition) is 1. The van der Waals surface area contributed by atoms with Crippen molar-refractivity contribution in [1.82, 2.24) is 0 Å². The summed E-state index contributed by atoms with van der Waals surface area (Å²) in [6.07, 6.45) is 1.24. The molecular formula is C12H16FN. The minimum Gasteiger partial charge on any atom is -0.323 e. The van der Waals surface area contributed by atoms with Crippen molar-refractivity contribution in [2.45, 2.75) is 37.9 Å². The minimum absolute atomic E-state index is 0.461. The van der Waals surface area contributed by atoms with Crippen molar-refractivity contribution in [2.24, 2.45) is 5.73 Å². The molecule has 0 spiro atoms. The molecule has 0 radical (unpaired) electrons. The van der Waals surface area contributed by atoms with Crippen LogP contribution in [0.2, 0.25) is 0 Å². The first-order valence-electron chi connectivity index (χ1n) is 5.09. The highest BCUT2D eigenvalue weighted by Gasteiger charge is 2.46. The number of aryl methyl sites for hydroxylation is 1. The Balaban J connectivity index is 2.07. The van der Waals surface area contributed by atoms with E-state index < -0.39 is 11.7 Å². The van der Waals surface area contributed by atoms with Gasteiger partial charge in [0, 0.05) is 12.0 Å². The van der Waals surface area contributed by atoms with Gasteiger partial charge in [-0.15, -0.1) is 0 Å². The van der Waals surface area contributed by atoms with E-state index in [1.807, 2.05) is 31.2 Å².